The smallest absolute Gasteiger partial charge is 0.310 e. The van der Waals surface area contributed by atoms with Crippen LogP contribution in [0.25, 0.3) is 10.9 Å². The van der Waals surface area contributed by atoms with Crippen LogP contribution in [-0.2, 0) is 14.3 Å². The predicted molar refractivity (Wildman–Crippen MR) is 113 cm³/mol. The van der Waals surface area contributed by atoms with E-state index in [1.807, 2.05) is 32.0 Å². The van der Waals surface area contributed by atoms with Crippen LogP contribution in [0.5, 0.6) is 0 Å². The highest BCUT2D eigenvalue weighted by molar-refractivity contribution is 7.99. The number of para-hydroxylation sites is 1. The van der Waals surface area contributed by atoms with Crippen LogP contribution in [0.1, 0.15) is 39.7 Å². The van der Waals surface area contributed by atoms with E-state index in [9.17, 15) is 14.4 Å². The molecule has 1 amide bonds. The first kappa shape index (κ1) is 21.4. The minimum Gasteiger partial charge on any atom is -0.466 e. The number of amides is 1. The molecule has 2 aromatic rings. The third kappa shape index (κ3) is 4.80. The summed E-state index contributed by atoms with van der Waals surface area (Å²) in [6.07, 6.45) is 1.53. The van der Waals surface area contributed by atoms with Gasteiger partial charge in [0.05, 0.1) is 29.2 Å². The van der Waals surface area contributed by atoms with E-state index in [2.05, 4.69) is 4.98 Å². The van der Waals surface area contributed by atoms with Crippen molar-refractivity contribution in [3.8, 4) is 0 Å². The number of rotatable bonds is 6. The van der Waals surface area contributed by atoms with Gasteiger partial charge in [-0.2, -0.15) is 0 Å². The zero-order chi connectivity index (χ0) is 21.0. The molecule has 8 heteroatoms. The number of hydrogen-bond donors (Lipinski definition) is 0. The second kappa shape index (κ2) is 9.43. The van der Waals surface area contributed by atoms with Gasteiger partial charge in [0.1, 0.15) is 0 Å². The van der Waals surface area contributed by atoms with E-state index in [0.29, 0.717) is 35.8 Å². The van der Waals surface area contributed by atoms with Gasteiger partial charge in [-0.25, -0.2) is 4.98 Å². The van der Waals surface area contributed by atoms with Gasteiger partial charge >= 0.3 is 5.97 Å². The van der Waals surface area contributed by atoms with Crippen LogP contribution in [0, 0.1) is 5.92 Å². The van der Waals surface area contributed by atoms with Crippen LogP contribution < -0.4 is 5.56 Å². The van der Waals surface area contributed by atoms with E-state index in [4.69, 9.17) is 4.74 Å². The van der Waals surface area contributed by atoms with Gasteiger partial charge in [0.15, 0.2) is 5.16 Å². The standard InChI is InChI=1S/C21H27N3O4S/c1-4-28-20(27)15-8-7-11-23(12-15)18(25)13-29-21-22-17-10-6-5-9-16(17)19(26)24(21)14(2)3/h5-6,9-10,14-15H,4,7-8,11-13H2,1-3H3/t15-/m1/s1. The lowest BCUT2D eigenvalue weighted by Crippen LogP contribution is -2.43. The van der Waals surface area contributed by atoms with E-state index in [1.165, 1.54) is 11.8 Å². The number of carbonyl (C=O) groups excluding carboxylic acids is 2. The minimum atomic E-state index is -0.259. The molecule has 29 heavy (non-hydrogen) atoms. The van der Waals surface area contributed by atoms with Gasteiger partial charge in [-0.15, -0.1) is 0 Å². The fraction of sp³-hybridized carbons (Fsp3) is 0.524. The molecule has 0 radical (unpaired) electrons. The Balaban J connectivity index is 1.74. The fourth-order valence-corrected chi connectivity index (χ4v) is 4.59. The number of piperidine rings is 1. The summed E-state index contributed by atoms with van der Waals surface area (Å²) in [6, 6.07) is 7.18. The Morgan fingerprint density at radius 2 is 2.07 bits per heavy atom. The average Bonchev–Trinajstić information content (AvgIpc) is 2.72. The molecule has 0 unspecified atom stereocenters. The summed E-state index contributed by atoms with van der Waals surface area (Å²) in [5.74, 6) is -0.373. The van der Waals surface area contributed by atoms with Crippen molar-refractivity contribution in [3.63, 3.8) is 0 Å². The summed E-state index contributed by atoms with van der Waals surface area (Å²) in [7, 11) is 0. The van der Waals surface area contributed by atoms with Gasteiger partial charge in [-0.3, -0.25) is 19.0 Å². The molecule has 0 saturated carbocycles. The van der Waals surface area contributed by atoms with Crippen molar-refractivity contribution in [2.45, 2.75) is 44.8 Å². The number of nitrogens with zero attached hydrogens (tertiary/aromatic N) is 3. The topological polar surface area (TPSA) is 81.5 Å². The molecule has 1 atom stereocenters. The number of aromatic nitrogens is 2. The van der Waals surface area contributed by atoms with E-state index in [0.717, 1.165) is 12.8 Å². The second-order valence-electron chi connectivity index (χ2n) is 7.40. The number of likely N-dealkylation sites (tertiary alicyclic amines) is 1. The SMILES string of the molecule is CCOC(=O)[C@@H]1CCCN(C(=O)CSc2nc3ccccc3c(=O)n2C(C)C)C1. The molecule has 0 N–H and O–H groups in total. The zero-order valence-electron chi connectivity index (χ0n) is 17.1. The fourth-order valence-electron chi connectivity index (χ4n) is 3.56. The first-order valence-electron chi connectivity index (χ1n) is 10.0. The summed E-state index contributed by atoms with van der Waals surface area (Å²) < 4.78 is 6.74. The molecule has 1 aliphatic heterocycles. The third-order valence-corrected chi connectivity index (χ3v) is 5.95. The van der Waals surface area contributed by atoms with Gasteiger partial charge in [0.25, 0.3) is 5.56 Å². The quantitative estimate of drug-likeness (QED) is 0.408. The maximum absolute atomic E-state index is 12.9. The molecule has 1 aliphatic rings. The molecule has 1 aromatic heterocycles. The van der Waals surface area contributed by atoms with E-state index >= 15 is 0 Å². The molecule has 0 spiro atoms. The summed E-state index contributed by atoms with van der Waals surface area (Å²) in [5.41, 5.74) is 0.533. The molecule has 2 heterocycles. The summed E-state index contributed by atoms with van der Waals surface area (Å²) in [5, 5.41) is 1.11. The Hall–Kier alpha value is -2.35. The van der Waals surface area contributed by atoms with Crippen molar-refractivity contribution in [2.24, 2.45) is 5.92 Å². The largest absolute Gasteiger partial charge is 0.466 e. The predicted octanol–water partition coefficient (Wildman–Crippen LogP) is 2.87. The molecule has 0 bridgehead atoms. The molecular formula is C21H27N3O4S. The lowest BCUT2D eigenvalue weighted by Gasteiger charge is -2.31. The Morgan fingerprint density at radius 3 is 2.79 bits per heavy atom. The van der Waals surface area contributed by atoms with E-state index in [1.54, 1.807) is 22.5 Å². The summed E-state index contributed by atoms with van der Waals surface area (Å²) in [4.78, 5) is 44.0. The van der Waals surface area contributed by atoms with Gasteiger partial charge in [0.2, 0.25) is 5.91 Å². The van der Waals surface area contributed by atoms with Gasteiger partial charge in [-0.1, -0.05) is 23.9 Å². The summed E-state index contributed by atoms with van der Waals surface area (Å²) in [6.45, 7) is 7.01. The van der Waals surface area contributed by atoms with Crippen molar-refractivity contribution >= 4 is 34.5 Å². The third-order valence-electron chi connectivity index (χ3n) is 5.01. The number of esters is 1. The molecular weight excluding hydrogens is 390 g/mol. The van der Waals surface area contributed by atoms with Gasteiger partial charge in [-0.05, 0) is 45.7 Å². The van der Waals surface area contributed by atoms with Crippen LogP contribution >= 0.6 is 11.8 Å². The Labute approximate surface area is 174 Å². The Morgan fingerprint density at radius 1 is 1.31 bits per heavy atom. The van der Waals surface area contributed by atoms with Crippen molar-refractivity contribution in [1.82, 2.24) is 14.5 Å². The van der Waals surface area contributed by atoms with Crippen LogP contribution in [0.2, 0.25) is 0 Å². The monoisotopic (exact) mass is 417 g/mol. The molecule has 156 valence electrons. The van der Waals surface area contributed by atoms with Crippen molar-refractivity contribution in [2.75, 3.05) is 25.4 Å². The molecule has 0 aliphatic carbocycles. The normalized spacial score (nSPS) is 17.0. The maximum atomic E-state index is 12.9. The zero-order valence-corrected chi connectivity index (χ0v) is 17.9. The van der Waals surface area contributed by atoms with Crippen molar-refractivity contribution in [1.29, 1.82) is 0 Å². The lowest BCUT2D eigenvalue weighted by molar-refractivity contribution is -0.151. The number of benzene rings is 1. The number of thioether (sulfide) groups is 1. The summed E-state index contributed by atoms with van der Waals surface area (Å²) >= 11 is 1.27. The number of ether oxygens (including phenoxy) is 1. The van der Waals surface area contributed by atoms with Gasteiger partial charge in [0, 0.05) is 19.1 Å². The second-order valence-corrected chi connectivity index (χ2v) is 8.34. The highest BCUT2D eigenvalue weighted by Crippen LogP contribution is 2.23. The molecule has 3 rings (SSSR count). The highest BCUT2D eigenvalue weighted by atomic mass is 32.2. The van der Waals surface area contributed by atoms with E-state index in [-0.39, 0.29) is 35.1 Å². The number of carbonyl (C=O) groups is 2. The van der Waals surface area contributed by atoms with Gasteiger partial charge < -0.3 is 9.64 Å². The lowest BCUT2D eigenvalue weighted by atomic mass is 9.98. The Bertz CT molecular complexity index is 957. The minimum absolute atomic E-state index is 0.0540. The van der Waals surface area contributed by atoms with Crippen LogP contribution in [0.4, 0.5) is 0 Å². The van der Waals surface area contributed by atoms with Crippen molar-refractivity contribution < 1.29 is 14.3 Å². The number of fused-ring (bicyclic) bond motifs is 1. The van der Waals surface area contributed by atoms with Crippen molar-refractivity contribution in [3.05, 3.63) is 34.6 Å². The first-order chi connectivity index (χ1) is 13.9. The molecule has 1 fully saturated rings. The maximum Gasteiger partial charge on any atom is 0.310 e. The Kier molecular flexibility index (Phi) is 6.95. The van der Waals surface area contributed by atoms with Crippen LogP contribution in [-0.4, -0.2) is 51.8 Å². The van der Waals surface area contributed by atoms with Crippen LogP contribution in [0.15, 0.2) is 34.2 Å². The average molecular weight is 418 g/mol. The number of hydrogen-bond acceptors (Lipinski definition) is 6. The van der Waals surface area contributed by atoms with Crippen LogP contribution in [0.3, 0.4) is 0 Å². The van der Waals surface area contributed by atoms with E-state index < -0.39 is 0 Å². The highest BCUT2D eigenvalue weighted by Gasteiger charge is 2.29. The first-order valence-corrected chi connectivity index (χ1v) is 11.0. The molecule has 7 nitrogen and oxygen atoms in total. The molecule has 1 saturated heterocycles. The molecule has 1 aromatic carbocycles.